The van der Waals surface area contributed by atoms with Gasteiger partial charge in [0.1, 0.15) is 17.9 Å². The van der Waals surface area contributed by atoms with Crippen LogP contribution in [0.5, 0.6) is 11.5 Å². The van der Waals surface area contributed by atoms with Gasteiger partial charge in [-0.15, -0.1) is 0 Å². The average molecular weight is 521 g/mol. The maximum absolute atomic E-state index is 13.3. The molecule has 1 saturated heterocycles. The topological polar surface area (TPSA) is 107 Å². The van der Waals surface area contributed by atoms with Gasteiger partial charge >= 0.3 is 5.97 Å². The van der Waals surface area contributed by atoms with Gasteiger partial charge in [0.15, 0.2) is 16.6 Å². The lowest BCUT2D eigenvalue weighted by Gasteiger charge is -2.29. The number of carbonyl (C=O) groups excluding carboxylic acids is 3. The van der Waals surface area contributed by atoms with E-state index in [9.17, 15) is 14.4 Å². The SMILES string of the molecule is COC(=O)c1ccc(COc2ccc(C=C3C(=O)NC(=S)N(c4cc(C)cc(C)c4)C3=O)cc2OC)o1. The van der Waals surface area contributed by atoms with Crippen molar-refractivity contribution < 1.29 is 33.0 Å². The van der Waals surface area contributed by atoms with Gasteiger partial charge in [-0.2, -0.15) is 0 Å². The lowest BCUT2D eigenvalue weighted by atomic mass is 10.1. The minimum Gasteiger partial charge on any atom is -0.493 e. The largest absolute Gasteiger partial charge is 0.493 e. The van der Waals surface area contributed by atoms with Crippen LogP contribution in [0.2, 0.25) is 0 Å². The van der Waals surface area contributed by atoms with Crippen LogP contribution in [0, 0.1) is 13.8 Å². The maximum atomic E-state index is 13.3. The zero-order valence-corrected chi connectivity index (χ0v) is 21.4. The van der Waals surface area contributed by atoms with E-state index in [0.717, 1.165) is 11.1 Å². The molecule has 2 amide bonds. The van der Waals surface area contributed by atoms with E-state index in [1.807, 2.05) is 32.0 Å². The summed E-state index contributed by atoms with van der Waals surface area (Å²) in [4.78, 5) is 38.9. The van der Waals surface area contributed by atoms with Crippen molar-refractivity contribution in [2.24, 2.45) is 0 Å². The van der Waals surface area contributed by atoms with Gasteiger partial charge in [0.25, 0.3) is 11.8 Å². The molecule has 2 aromatic carbocycles. The van der Waals surface area contributed by atoms with Gasteiger partial charge < -0.3 is 18.6 Å². The molecule has 0 spiro atoms. The number of methoxy groups -OCH3 is 2. The highest BCUT2D eigenvalue weighted by molar-refractivity contribution is 7.80. The second-order valence-corrected chi connectivity index (χ2v) is 8.65. The Kier molecular flexibility index (Phi) is 7.40. The number of furan rings is 1. The van der Waals surface area contributed by atoms with Gasteiger partial charge in [-0.1, -0.05) is 12.1 Å². The van der Waals surface area contributed by atoms with Gasteiger partial charge in [0.2, 0.25) is 5.76 Å². The van der Waals surface area contributed by atoms with E-state index < -0.39 is 17.8 Å². The van der Waals surface area contributed by atoms with Gasteiger partial charge in [0.05, 0.1) is 19.9 Å². The summed E-state index contributed by atoms with van der Waals surface area (Å²) in [6.45, 7) is 3.88. The molecule has 37 heavy (non-hydrogen) atoms. The van der Waals surface area contributed by atoms with E-state index in [0.29, 0.717) is 28.5 Å². The van der Waals surface area contributed by atoms with E-state index in [1.165, 1.54) is 31.3 Å². The number of benzene rings is 2. The predicted molar refractivity (Wildman–Crippen MR) is 139 cm³/mol. The highest BCUT2D eigenvalue weighted by Crippen LogP contribution is 2.31. The fraction of sp³-hybridized carbons (Fsp3) is 0.185. The summed E-state index contributed by atoms with van der Waals surface area (Å²) >= 11 is 5.29. The molecule has 10 heteroatoms. The van der Waals surface area contributed by atoms with Crippen LogP contribution in [0.4, 0.5) is 5.69 Å². The zero-order valence-electron chi connectivity index (χ0n) is 20.6. The van der Waals surface area contributed by atoms with Crippen molar-refractivity contribution in [3.8, 4) is 11.5 Å². The van der Waals surface area contributed by atoms with Crippen LogP contribution >= 0.6 is 12.2 Å². The van der Waals surface area contributed by atoms with Crippen LogP contribution in [0.1, 0.15) is 33.0 Å². The Morgan fingerprint density at radius 2 is 1.76 bits per heavy atom. The summed E-state index contributed by atoms with van der Waals surface area (Å²) in [6.07, 6.45) is 1.47. The number of nitrogens with one attached hydrogen (secondary N) is 1. The maximum Gasteiger partial charge on any atom is 0.373 e. The third-order valence-electron chi connectivity index (χ3n) is 5.48. The standard InChI is InChI=1S/C27H24N2O7S/c1-15-9-16(2)11-18(10-15)29-25(31)20(24(30)28-27(29)37)12-17-5-7-21(23(13-17)33-3)35-14-19-6-8-22(36-19)26(32)34-4/h5-13H,14H2,1-4H3,(H,28,30,37). The molecule has 1 aromatic heterocycles. The molecule has 0 saturated carbocycles. The van der Waals surface area contributed by atoms with Gasteiger partial charge in [-0.05, 0) is 85.2 Å². The van der Waals surface area contributed by atoms with E-state index in [1.54, 1.807) is 24.3 Å². The van der Waals surface area contributed by atoms with Crippen molar-refractivity contribution in [1.82, 2.24) is 5.32 Å². The van der Waals surface area contributed by atoms with E-state index in [4.69, 9.17) is 26.1 Å². The molecular weight excluding hydrogens is 496 g/mol. The second-order valence-electron chi connectivity index (χ2n) is 8.26. The lowest BCUT2D eigenvalue weighted by molar-refractivity contribution is -0.122. The normalized spacial score (nSPS) is 14.5. The Balaban J connectivity index is 1.57. The molecular formula is C27H24N2O7S. The number of esters is 1. The number of hydrogen-bond acceptors (Lipinski definition) is 8. The number of rotatable bonds is 7. The quantitative estimate of drug-likeness (QED) is 0.215. The smallest absolute Gasteiger partial charge is 0.373 e. The Hall–Kier alpha value is -4.44. The lowest BCUT2D eigenvalue weighted by Crippen LogP contribution is -2.54. The molecule has 9 nitrogen and oxygen atoms in total. The third kappa shape index (κ3) is 5.54. The fourth-order valence-electron chi connectivity index (χ4n) is 3.85. The third-order valence-corrected chi connectivity index (χ3v) is 5.77. The fourth-order valence-corrected chi connectivity index (χ4v) is 4.13. The minimum atomic E-state index is -0.589. The Bertz CT molecular complexity index is 1420. The first-order valence-corrected chi connectivity index (χ1v) is 11.6. The van der Waals surface area contributed by atoms with Crippen molar-refractivity contribution >= 4 is 46.9 Å². The summed E-state index contributed by atoms with van der Waals surface area (Å²) < 4.78 is 21.2. The summed E-state index contributed by atoms with van der Waals surface area (Å²) in [5, 5.41) is 2.61. The van der Waals surface area contributed by atoms with Crippen LogP contribution in [-0.4, -0.2) is 37.1 Å². The predicted octanol–water partition coefficient (Wildman–Crippen LogP) is 4.10. The first-order valence-electron chi connectivity index (χ1n) is 11.2. The van der Waals surface area contributed by atoms with Crippen molar-refractivity contribution in [2.45, 2.75) is 20.5 Å². The zero-order chi connectivity index (χ0) is 26.7. The molecule has 1 N–H and O–H groups in total. The van der Waals surface area contributed by atoms with Gasteiger partial charge in [-0.25, -0.2) is 4.79 Å². The number of hydrogen-bond donors (Lipinski definition) is 1. The number of ether oxygens (including phenoxy) is 3. The van der Waals surface area contributed by atoms with Crippen molar-refractivity contribution in [3.63, 3.8) is 0 Å². The summed E-state index contributed by atoms with van der Waals surface area (Å²) in [7, 11) is 2.74. The van der Waals surface area contributed by atoms with Gasteiger partial charge in [0, 0.05) is 0 Å². The first-order chi connectivity index (χ1) is 17.7. The molecule has 4 rings (SSSR count). The number of thiocarbonyl (C=S) groups is 1. The number of anilines is 1. The molecule has 3 aromatic rings. The van der Waals surface area contributed by atoms with Crippen molar-refractivity contribution in [2.75, 3.05) is 19.1 Å². The van der Waals surface area contributed by atoms with Crippen LogP contribution in [0.3, 0.4) is 0 Å². The second kappa shape index (κ2) is 10.7. The molecule has 0 unspecified atom stereocenters. The Labute approximate surface area is 218 Å². The van der Waals surface area contributed by atoms with Crippen molar-refractivity contribution in [1.29, 1.82) is 0 Å². The molecule has 0 atom stereocenters. The van der Waals surface area contributed by atoms with E-state index in [2.05, 4.69) is 10.1 Å². The molecule has 1 fully saturated rings. The number of aryl methyl sites for hydroxylation is 2. The Morgan fingerprint density at radius 3 is 2.43 bits per heavy atom. The molecule has 0 radical (unpaired) electrons. The molecule has 1 aliphatic rings. The molecule has 0 bridgehead atoms. The van der Waals surface area contributed by atoms with Crippen LogP contribution in [0.25, 0.3) is 6.08 Å². The molecule has 190 valence electrons. The molecule has 0 aliphatic carbocycles. The number of amides is 2. The van der Waals surface area contributed by atoms with Crippen LogP contribution in [-0.2, 0) is 20.9 Å². The summed E-state index contributed by atoms with van der Waals surface area (Å²) in [5.41, 5.74) is 2.97. The monoisotopic (exact) mass is 520 g/mol. The highest BCUT2D eigenvalue weighted by atomic mass is 32.1. The van der Waals surface area contributed by atoms with Gasteiger partial charge in [-0.3, -0.25) is 19.8 Å². The first kappa shape index (κ1) is 25.6. The number of nitrogens with zero attached hydrogens (tertiary/aromatic N) is 1. The van der Waals surface area contributed by atoms with Crippen molar-refractivity contribution in [3.05, 3.63) is 82.3 Å². The summed E-state index contributed by atoms with van der Waals surface area (Å²) in [6, 6.07) is 13.7. The van der Waals surface area contributed by atoms with E-state index in [-0.39, 0.29) is 23.1 Å². The average Bonchev–Trinajstić information content (AvgIpc) is 3.33. The van der Waals surface area contributed by atoms with Crippen LogP contribution < -0.4 is 19.7 Å². The number of carbonyl (C=O) groups is 3. The molecule has 2 heterocycles. The summed E-state index contributed by atoms with van der Waals surface area (Å²) in [5.74, 6) is -0.441. The van der Waals surface area contributed by atoms with Crippen LogP contribution in [0.15, 0.2) is 58.5 Å². The minimum absolute atomic E-state index is 0.0201. The van der Waals surface area contributed by atoms with E-state index >= 15 is 0 Å². The Morgan fingerprint density at radius 1 is 1.03 bits per heavy atom. The molecule has 1 aliphatic heterocycles. The highest BCUT2D eigenvalue weighted by Gasteiger charge is 2.34.